The smallest absolute Gasteiger partial charge is 0.305 e. The molecule has 0 saturated carbocycles. The number of carbonyl (C=O) groups is 1. The summed E-state index contributed by atoms with van der Waals surface area (Å²) >= 11 is 0. The minimum absolute atomic E-state index is 0.105. The molecule has 1 rings (SSSR count). The maximum Gasteiger partial charge on any atom is 0.305 e. The number of likely N-dealkylation sites (N-methyl/N-ethyl adjacent to an activating group) is 1. The van der Waals surface area contributed by atoms with Crippen molar-refractivity contribution < 1.29 is 19.0 Å². The average Bonchev–Trinajstić information content (AvgIpc) is 2.46. The topological polar surface area (TPSA) is 35.5 Å². The Labute approximate surface area is 128 Å². The number of hydroxylamine groups is 3. The molecule has 0 aliphatic heterocycles. The molecule has 0 aliphatic carbocycles. The Morgan fingerprint density at radius 3 is 2.52 bits per heavy atom. The van der Waals surface area contributed by atoms with E-state index in [-0.39, 0.29) is 5.97 Å². The summed E-state index contributed by atoms with van der Waals surface area (Å²) < 4.78 is 5.61. The summed E-state index contributed by atoms with van der Waals surface area (Å²) in [5.74, 6) is -0.105. The number of nitrogens with zero attached hydrogens (tertiary/aromatic N) is 1. The maximum absolute atomic E-state index is 11.5. The summed E-state index contributed by atoms with van der Waals surface area (Å²) in [4.78, 5) is 17.4. The van der Waals surface area contributed by atoms with Crippen molar-refractivity contribution in [3.05, 3.63) is 35.9 Å². The minimum atomic E-state index is -0.105. The van der Waals surface area contributed by atoms with Crippen LogP contribution in [0.2, 0.25) is 0 Å². The van der Waals surface area contributed by atoms with Crippen molar-refractivity contribution in [3.63, 3.8) is 0 Å². The van der Waals surface area contributed by atoms with Crippen molar-refractivity contribution in [2.24, 2.45) is 0 Å². The quantitative estimate of drug-likeness (QED) is 0.287. The Morgan fingerprint density at radius 1 is 1.14 bits per heavy atom. The summed E-state index contributed by atoms with van der Waals surface area (Å²) in [7, 11) is 3.93. The Hall–Kier alpha value is -1.39. The van der Waals surface area contributed by atoms with Crippen LogP contribution in [0.15, 0.2) is 30.3 Å². The number of benzene rings is 1. The number of hydrogen-bond donors (Lipinski definition) is 0. The Bertz CT molecular complexity index is 404. The molecule has 0 saturated heterocycles. The van der Waals surface area contributed by atoms with E-state index >= 15 is 0 Å². The van der Waals surface area contributed by atoms with Crippen molar-refractivity contribution in [2.75, 3.05) is 27.2 Å². The number of hydrogen-bond acceptors (Lipinski definition) is 3. The molecule has 0 atom stereocenters. The molecule has 1 aromatic rings. The minimum Gasteiger partial charge on any atom is -0.460 e. The highest BCUT2D eigenvalue weighted by Crippen LogP contribution is 2.07. The maximum atomic E-state index is 11.5. The summed E-state index contributed by atoms with van der Waals surface area (Å²) in [6.07, 6.45) is 3.63. The monoisotopic (exact) mass is 294 g/mol. The first-order valence-corrected chi connectivity index (χ1v) is 7.70. The van der Waals surface area contributed by atoms with Gasteiger partial charge >= 0.3 is 5.97 Å². The van der Waals surface area contributed by atoms with E-state index in [2.05, 4.69) is 6.92 Å². The van der Waals surface area contributed by atoms with E-state index in [1.807, 2.05) is 44.4 Å². The molecule has 0 spiro atoms. The van der Waals surface area contributed by atoms with Crippen LogP contribution in [0, 0.1) is 0 Å². The Kier molecular flexibility index (Phi) is 8.01. The number of esters is 1. The largest absolute Gasteiger partial charge is 0.460 e. The van der Waals surface area contributed by atoms with Crippen LogP contribution < -0.4 is 0 Å². The number of carbonyl (C=O) groups excluding carboxylic acids is 1. The second kappa shape index (κ2) is 9.53. The number of unbranched alkanes of at least 4 members (excludes halogenated alkanes) is 2. The van der Waals surface area contributed by atoms with Crippen LogP contribution in [0.1, 0.15) is 38.2 Å². The van der Waals surface area contributed by atoms with E-state index in [1.165, 1.54) is 0 Å². The lowest BCUT2D eigenvalue weighted by Gasteiger charge is -2.26. The summed E-state index contributed by atoms with van der Waals surface area (Å²) in [6.45, 7) is 3.72. The van der Waals surface area contributed by atoms with Crippen LogP contribution in [0.4, 0.5) is 0 Å². The molecule has 118 valence electrons. The van der Waals surface area contributed by atoms with Gasteiger partial charge in [0, 0.05) is 6.42 Å². The van der Waals surface area contributed by atoms with Crippen LogP contribution >= 0.6 is 0 Å². The second-order valence-corrected chi connectivity index (χ2v) is 5.73. The molecule has 0 radical (unpaired) electrons. The first-order chi connectivity index (χ1) is 10.0. The molecular weight excluding hydrogens is 266 g/mol. The van der Waals surface area contributed by atoms with E-state index in [4.69, 9.17) is 9.57 Å². The molecule has 0 amide bonds. The van der Waals surface area contributed by atoms with Gasteiger partial charge in [-0.15, -0.1) is 0 Å². The third-order valence-electron chi connectivity index (χ3n) is 3.30. The van der Waals surface area contributed by atoms with Gasteiger partial charge in [0.2, 0.25) is 0 Å². The first-order valence-electron chi connectivity index (χ1n) is 7.70. The summed E-state index contributed by atoms with van der Waals surface area (Å²) in [6, 6.07) is 10.1. The van der Waals surface area contributed by atoms with Gasteiger partial charge in [0.05, 0.1) is 14.1 Å². The van der Waals surface area contributed by atoms with Gasteiger partial charge in [-0.3, -0.25) is 4.79 Å². The summed E-state index contributed by atoms with van der Waals surface area (Å²) in [5.41, 5.74) is 1.14. The first kappa shape index (κ1) is 17.7. The van der Waals surface area contributed by atoms with Gasteiger partial charge in [-0.05, 0) is 12.0 Å². The Balaban J connectivity index is 2.18. The lowest BCUT2D eigenvalue weighted by Crippen LogP contribution is -2.42. The van der Waals surface area contributed by atoms with E-state index in [0.717, 1.165) is 24.8 Å². The van der Waals surface area contributed by atoms with E-state index in [1.54, 1.807) is 0 Å². The van der Waals surface area contributed by atoms with Crippen LogP contribution in [-0.4, -0.2) is 37.9 Å². The standard InChI is InChI=1S/C17H28NO3/c1-4-5-7-12-17(19)20-14-13-18(2,3)21-15-16-10-8-6-9-11-16/h6,8-11H,4-5,7,12-15H2,1-3H3/q+1. The molecule has 0 bridgehead atoms. The van der Waals surface area contributed by atoms with Crippen LogP contribution in [0.25, 0.3) is 0 Å². The van der Waals surface area contributed by atoms with Gasteiger partial charge in [0.25, 0.3) is 0 Å². The molecule has 0 fully saturated rings. The summed E-state index contributed by atoms with van der Waals surface area (Å²) in [5, 5.41) is 0. The fourth-order valence-corrected chi connectivity index (χ4v) is 1.86. The third-order valence-corrected chi connectivity index (χ3v) is 3.30. The fourth-order valence-electron chi connectivity index (χ4n) is 1.86. The molecule has 0 heterocycles. The molecule has 0 aromatic heterocycles. The van der Waals surface area contributed by atoms with Crippen molar-refractivity contribution >= 4 is 5.97 Å². The van der Waals surface area contributed by atoms with Gasteiger partial charge in [-0.2, -0.15) is 9.48 Å². The average molecular weight is 294 g/mol. The zero-order chi connectivity index (χ0) is 15.6. The number of ether oxygens (including phenoxy) is 1. The zero-order valence-electron chi connectivity index (χ0n) is 13.5. The second-order valence-electron chi connectivity index (χ2n) is 5.73. The predicted molar refractivity (Wildman–Crippen MR) is 83.3 cm³/mol. The van der Waals surface area contributed by atoms with Crippen molar-refractivity contribution in [3.8, 4) is 0 Å². The third kappa shape index (κ3) is 8.48. The predicted octanol–water partition coefficient (Wildman–Crippen LogP) is 3.32. The molecule has 21 heavy (non-hydrogen) atoms. The lowest BCUT2D eigenvalue weighted by molar-refractivity contribution is -1.08. The van der Waals surface area contributed by atoms with Crippen molar-refractivity contribution in [1.29, 1.82) is 0 Å². The number of rotatable bonds is 10. The highest BCUT2D eigenvalue weighted by Gasteiger charge is 2.18. The molecular formula is C17H28NO3+. The van der Waals surface area contributed by atoms with Crippen molar-refractivity contribution in [1.82, 2.24) is 0 Å². The molecule has 4 nitrogen and oxygen atoms in total. The van der Waals surface area contributed by atoms with Crippen LogP contribution in [0.5, 0.6) is 0 Å². The molecule has 0 aliphatic rings. The molecule has 0 N–H and O–H groups in total. The Morgan fingerprint density at radius 2 is 1.86 bits per heavy atom. The van der Waals surface area contributed by atoms with Crippen LogP contribution in [0.3, 0.4) is 0 Å². The zero-order valence-corrected chi connectivity index (χ0v) is 13.5. The van der Waals surface area contributed by atoms with Gasteiger partial charge in [-0.1, -0.05) is 50.1 Å². The lowest BCUT2D eigenvalue weighted by atomic mass is 10.2. The van der Waals surface area contributed by atoms with Crippen molar-refractivity contribution in [2.45, 2.75) is 39.2 Å². The molecule has 0 unspecified atom stereocenters. The highest BCUT2D eigenvalue weighted by molar-refractivity contribution is 5.69. The van der Waals surface area contributed by atoms with Gasteiger partial charge in [0.15, 0.2) is 0 Å². The SMILES string of the molecule is CCCCCC(=O)OCC[N+](C)(C)OCc1ccccc1. The van der Waals surface area contributed by atoms with E-state index < -0.39 is 0 Å². The highest BCUT2D eigenvalue weighted by atomic mass is 16.7. The van der Waals surface area contributed by atoms with Crippen LogP contribution in [-0.2, 0) is 21.0 Å². The fraction of sp³-hybridized carbons (Fsp3) is 0.588. The number of quaternary nitrogens is 1. The van der Waals surface area contributed by atoms with Gasteiger partial charge in [-0.25, -0.2) is 0 Å². The van der Waals surface area contributed by atoms with E-state index in [0.29, 0.717) is 30.8 Å². The normalized spacial score (nSPS) is 11.4. The molecule has 1 aromatic carbocycles. The molecule has 4 heteroatoms. The van der Waals surface area contributed by atoms with Gasteiger partial charge in [0.1, 0.15) is 19.8 Å². The van der Waals surface area contributed by atoms with E-state index in [9.17, 15) is 4.79 Å². The van der Waals surface area contributed by atoms with Gasteiger partial charge < -0.3 is 4.74 Å².